The molecule has 1 N–H and O–H groups in total. The quantitative estimate of drug-likeness (QED) is 0.385. The van der Waals surface area contributed by atoms with Gasteiger partial charge in [-0.25, -0.2) is 9.97 Å². The average molecular weight is 520 g/mol. The molecule has 37 heavy (non-hydrogen) atoms. The van der Waals surface area contributed by atoms with Crippen LogP contribution in [0.5, 0.6) is 5.75 Å². The van der Waals surface area contributed by atoms with E-state index in [0.29, 0.717) is 61.6 Å². The number of aromatic nitrogens is 3. The van der Waals surface area contributed by atoms with Crippen molar-refractivity contribution in [3.05, 3.63) is 46.8 Å². The molecule has 2 aromatic heterocycles. The highest BCUT2D eigenvalue weighted by atomic mass is 19.4. The van der Waals surface area contributed by atoms with Crippen molar-refractivity contribution in [2.75, 3.05) is 38.2 Å². The number of carbonyl (C=O) groups excluding carboxylic acids is 1. The Labute approximate surface area is 211 Å². The number of anilines is 1. The Morgan fingerprint density at radius 1 is 1.05 bits per heavy atom. The number of fused-ring (bicyclic) bond motifs is 1. The minimum absolute atomic E-state index is 0.159. The van der Waals surface area contributed by atoms with E-state index >= 15 is 0 Å². The van der Waals surface area contributed by atoms with Crippen LogP contribution in [0.1, 0.15) is 26.2 Å². The summed E-state index contributed by atoms with van der Waals surface area (Å²) in [5.74, 6) is 0.00333. The molecule has 9 nitrogen and oxygen atoms in total. The van der Waals surface area contributed by atoms with Gasteiger partial charge in [-0.15, -0.1) is 13.2 Å². The van der Waals surface area contributed by atoms with Crippen molar-refractivity contribution in [3.8, 4) is 17.0 Å². The third-order valence-electron chi connectivity index (χ3n) is 5.91. The van der Waals surface area contributed by atoms with Gasteiger partial charge in [0.05, 0.1) is 18.8 Å². The summed E-state index contributed by atoms with van der Waals surface area (Å²) in [6, 6.07) is 8.74. The fourth-order valence-corrected chi connectivity index (χ4v) is 4.15. The largest absolute Gasteiger partial charge is 0.573 e. The molecular formula is C25H28F3N5O4. The van der Waals surface area contributed by atoms with E-state index in [1.807, 2.05) is 11.8 Å². The fraction of sp³-hybridized carbons (Fsp3) is 0.440. The summed E-state index contributed by atoms with van der Waals surface area (Å²) in [4.78, 5) is 35.9. The first-order chi connectivity index (χ1) is 17.7. The average Bonchev–Trinajstić information content (AvgIpc) is 3.27. The van der Waals surface area contributed by atoms with Crippen LogP contribution in [0.3, 0.4) is 0 Å². The van der Waals surface area contributed by atoms with Gasteiger partial charge in [-0.2, -0.15) is 0 Å². The number of nitrogens with zero attached hydrogens (tertiary/aromatic N) is 4. The second-order valence-electron chi connectivity index (χ2n) is 8.49. The first-order valence-corrected chi connectivity index (χ1v) is 12.1. The zero-order valence-corrected chi connectivity index (χ0v) is 20.4. The SMILES string of the molecule is CCOCCn1c(=O)c(NCCCN2CCCC2=O)nc2ccc(-c3ccc(OC(F)(F)F)cc3)nc21. The first-order valence-electron chi connectivity index (χ1n) is 12.1. The van der Waals surface area contributed by atoms with Crippen LogP contribution in [0, 0.1) is 0 Å². The van der Waals surface area contributed by atoms with Gasteiger partial charge in [0, 0.05) is 38.2 Å². The zero-order valence-electron chi connectivity index (χ0n) is 20.4. The predicted octanol–water partition coefficient (Wildman–Crippen LogP) is 3.82. The molecule has 198 valence electrons. The lowest BCUT2D eigenvalue weighted by atomic mass is 10.1. The Kier molecular flexibility index (Phi) is 8.27. The van der Waals surface area contributed by atoms with Gasteiger partial charge < -0.3 is 19.7 Å². The molecule has 0 radical (unpaired) electrons. The molecule has 0 aliphatic carbocycles. The van der Waals surface area contributed by atoms with Crippen LogP contribution in [0.2, 0.25) is 0 Å². The topological polar surface area (TPSA) is 98.6 Å². The minimum atomic E-state index is -4.78. The normalized spacial score (nSPS) is 13.9. The highest BCUT2D eigenvalue weighted by molar-refractivity contribution is 5.78. The highest BCUT2D eigenvalue weighted by Crippen LogP contribution is 2.26. The molecule has 4 rings (SSSR count). The highest BCUT2D eigenvalue weighted by Gasteiger charge is 2.31. The van der Waals surface area contributed by atoms with Crippen molar-refractivity contribution in [3.63, 3.8) is 0 Å². The molecule has 1 aliphatic heterocycles. The lowest BCUT2D eigenvalue weighted by Crippen LogP contribution is -2.30. The lowest BCUT2D eigenvalue weighted by Gasteiger charge is -2.16. The summed E-state index contributed by atoms with van der Waals surface area (Å²) in [6.45, 7) is 4.75. The van der Waals surface area contributed by atoms with Gasteiger partial charge in [0.1, 0.15) is 11.3 Å². The Bertz CT molecular complexity index is 1290. The monoisotopic (exact) mass is 519 g/mol. The van der Waals surface area contributed by atoms with Crippen molar-refractivity contribution < 1.29 is 27.4 Å². The molecule has 1 fully saturated rings. The third-order valence-corrected chi connectivity index (χ3v) is 5.91. The van der Waals surface area contributed by atoms with Gasteiger partial charge >= 0.3 is 6.36 Å². The summed E-state index contributed by atoms with van der Waals surface area (Å²) in [6.07, 6.45) is -2.63. The van der Waals surface area contributed by atoms with Crippen molar-refractivity contribution in [2.24, 2.45) is 0 Å². The Balaban J connectivity index is 1.57. The van der Waals surface area contributed by atoms with Crippen molar-refractivity contribution in [1.29, 1.82) is 0 Å². The van der Waals surface area contributed by atoms with Crippen LogP contribution >= 0.6 is 0 Å². The summed E-state index contributed by atoms with van der Waals surface area (Å²) in [5.41, 5.74) is 1.48. The van der Waals surface area contributed by atoms with Crippen LogP contribution in [-0.4, -0.2) is 64.6 Å². The lowest BCUT2D eigenvalue weighted by molar-refractivity contribution is -0.274. The van der Waals surface area contributed by atoms with E-state index in [0.717, 1.165) is 13.0 Å². The molecule has 1 amide bonds. The van der Waals surface area contributed by atoms with E-state index in [1.54, 1.807) is 12.1 Å². The number of amides is 1. The van der Waals surface area contributed by atoms with Crippen LogP contribution in [0.4, 0.5) is 19.0 Å². The number of likely N-dealkylation sites (tertiary alicyclic amines) is 1. The van der Waals surface area contributed by atoms with Gasteiger partial charge in [0.2, 0.25) is 5.91 Å². The smallest absolute Gasteiger partial charge is 0.406 e. The maximum Gasteiger partial charge on any atom is 0.573 e. The molecule has 0 bridgehead atoms. The number of pyridine rings is 1. The van der Waals surface area contributed by atoms with Crippen molar-refractivity contribution >= 4 is 22.9 Å². The fourth-order valence-electron chi connectivity index (χ4n) is 4.15. The van der Waals surface area contributed by atoms with Crippen LogP contribution in [0.25, 0.3) is 22.4 Å². The van der Waals surface area contributed by atoms with Gasteiger partial charge in [-0.3, -0.25) is 14.2 Å². The van der Waals surface area contributed by atoms with E-state index in [-0.39, 0.29) is 29.6 Å². The number of alkyl halides is 3. The van der Waals surface area contributed by atoms with E-state index in [2.05, 4.69) is 20.0 Å². The molecule has 3 heterocycles. The number of hydrogen-bond donors (Lipinski definition) is 1. The van der Waals surface area contributed by atoms with Crippen LogP contribution in [-0.2, 0) is 16.1 Å². The van der Waals surface area contributed by atoms with Gasteiger partial charge in [-0.1, -0.05) is 0 Å². The number of rotatable bonds is 11. The second kappa shape index (κ2) is 11.6. The van der Waals surface area contributed by atoms with Gasteiger partial charge in [0.25, 0.3) is 5.56 Å². The molecule has 3 aromatic rings. The van der Waals surface area contributed by atoms with Crippen LogP contribution in [0.15, 0.2) is 41.2 Å². The minimum Gasteiger partial charge on any atom is -0.406 e. The number of carbonyl (C=O) groups is 1. The van der Waals surface area contributed by atoms with E-state index in [4.69, 9.17) is 4.74 Å². The standard InChI is InChI=1S/C25H28F3N5O4/c1-2-36-16-15-33-23-20(30-22(24(33)35)29-12-4-14-32-13-3-5-21(32)34)11-10-19(31-23)17-6-8-18(9-7-17)37-25(26,27)28/h6-11H,2-5,12-16H2,1H3,(H,29,30). The third kappa shape index (κ3) is 6.76. The number of halogens is 3. The molecule has 0 saturated carbocycles. The van der Waals surface area contributed by atoms with Gasteiger partial charge in [0.15, 0.2) is 11.5 Å². The van der Waals surface area contributed by atoms with Gasteiger partial charge in [-0.05, 0) is 56.2 Å². The Morgan fingerprint density at radius 3 is 2.51 bits per heavy atom. The Morgan fingerprint density at radius 2 is 1.84 bits per heavy atom. The zero-order chi connectivity index (χ0) is 26.4. The molecule has 0 atom stereocenters. The van der Waals surface area contributed by atoms with Crippen molar-refractivity contribution in [2.45, 2.75) is 39.1 Å². The van der Waals surface area contributed by atoms with Crippen molar-refractivity contribution in [1.82, 2.24) is 19.4 Å². The molecule has 1 aromatic carbocycles. The summed E-state index contributed by atoms with van der Waals surface area (Å²) in [7, 11) is 0. The molecule has 0 spiro atoms. The number of ether oxygens (including phenoxy) is 2. The molecule has 12 heteroatoms. The Hall–Kier alpha value is -3.67. The van der Waals surface area contributed by atoms with Crippen LogP contribution < -0.4 is 15.6 Å². The predicted molar refractivity (Wildman–Crippen MR) is 131 cm³/mol. The van der Waals surface area contributed by atoms with E-state index in [1.165, 1.54) is 28.8 Å². The summed E-state index contributed by atoms with van der Waals surface area (Å²) >= 11 is 0. The number of nitrogens with one attached hydrogen (secondary N) is 1. The summed E-state index contributed by atoms with van der Waals surface area (Å²) in [5, 5.41) is 3.09. The molecular weight excluding hydrogens is 491 g/mol. The molecule has 1 aliphatic rings. The summed E-state index contributed by atoms with van der Waals surface area (Å²) < 4.78 is 48.2. The maximum absolute atomic E-state index is 13.3. The van der Waals surface area contributed by atoms with E-state index < -0.39 is 6.36 Å². The first kappa shape index (κ1) is 26.4. The molecule has 0 unspecified atom stereocenters. The number of benzene rings is 1. The second-order valence-corrected chi connectivity index (χ2v) is 8.49. The van der Waals surface area contributed by atoms with E-state index in [9.17, 15) is 22.8 Å². The number of hydrogen-bond acceptors (Lipinski definition) is 7. The molecule has 1 saturated heterocycles. The maximum atomic E-state index is 13.3.